The SMILES string of the molecule is O=S(=O)(NCC(O)c1cccs1)c1ccccc1. The van der Waals surface area contributed by atoms with E-state index in [2.05, 4.69) is 4.72 Å². The fraction of sp³-hybridized carbons (Fsp3) is 0.167. The highest BCUT2D eigenvalue weighted by molar-refractivity contribution is 7.89. The van der Waals surface area contributed by atoms with Gasteiger partial charge in [-0.1, -0.05) is 24.3 Å². The van der Waals surface area contributed by atoms with Crippen molar-refractivity contribution in [1.29, 1.82) is 0 Å². The van der Waals surface area contributed by atoms with Crippen LogP contribution in [0.1, 0.15) is 11.0 Å². The lowest BCUT2D eigenvalue weighted by Crippen LogP contribution is -2.28. The number of rotatable bonds is 5. The molecule has 4 nitrogen and oxygen atoms in total. The highest BCUT2D eigenvalue weighted by atomic mass is 32.2. The molecular formula is C12H13NO3S2. The Morgan fingerprint density at radius 2 is 1.89 bits per heavy atom. The summed E-state index contributed by atoms with van der Waals surface area (Å²) in [5.41, 5.74) is 0. The average Bonchev–Trinajstić information content (AvgIpc) is 2.91. The van der Waals surface area contributed by atoms with Gasteiger partial charge in [0, 0.05) is 11.4 Å². The van der Waals surface area contributed by atoms with Crippen LogP contribution >= 0.6 is 11.3 Å². The number of thiophene rings is 1. The molecule has 1 aromatic carbocycles. The number of nitrogens with one attached hydrogen (secondary N) is 1. The van der Waals surface area contributed by atoms with Gasteiger partial charge in [-0.05, 0) is 23.6 Å². The van der Waals surface area contributed by atoms with Crippen molar-refractivity contribution >= 4 is 21.4 Å². The van der Waals surface area contributed by atoms with Gasteiger partial charge < -0.3 is 5.11 Å². The minimum absolute atomic E-state index is 0.0300. The van der Waals surface area contributed by atoms with Crippen molar-refractivity contribution in [3.8, 4) is 0 Å². The summed E-state index contributed by atoms with van der Waals surface area (Å²) >= 11 is 1.39. The highest BCUT2D eigenvalue weighted by Gasteiger charge is 2.16. The second-order valence-electron chi connectivity index (χ2n) is 3.70. The van der Waals surface area contributed by atoms with E-state index in [-0.39, 0.29) is 11.4 Å². The Labute approximate surface area is 110 Å². The summed E-state index contributed by atoms with van der Waals surface area (Å²) in [6, 6.07) is 11.7. The lowest BCUT2D eigenvalue weighted by molar-refractivity contribution is 0.186. The molecule has 0 radical (unpaired) electrons. The van der Waals surface area contributed by atoms with Crippen molar-refractivity contribution in [2.45, 2.75) is 11.0 Å². The molecule has 1 atom stereocenters. The van der Waals surface area contributed by atoms with Crippen molar-refractivity contribution in [3.05, 3.63) is 52.7 Å². The Kier molecular flexibility index (Phi) is 4.13. The summed E-state index contributed by atoms with van der Waals surface area (Å²) < 4.78 is 26.2. The number of benzene rings is 1. The molecule has 0 saturated carbocycles. The van der Waals surface area contributed by atoms with Crippen LogP contribution in [0.15, 0.2) is 52.7 Å². The van der Waals surface area contributed by atoms with Crippen molar-refractivity contribution in [1.82, 2.24) is 4.72 Å². The molecule has 0 amide bonds. The van der Waals surface area contributed by atoms with Crippen molar-refractivity contribution in [2.75, 3.05) is 6.54 Å². The van der Waals surface area contributed by atoms with Gasteiger partial charge in [-0.3, -0.25) is 0 Å². The molecule has 18 heavy (non-hydrogen) atoms. The predicted octanol–water partition coefficient (Wildman–Crippen LogP) is 1.76. The zero-order chi connectivity index (χ0) is 13.0. The van der Waals surface area contributed by atoms with E-state index < -0.39 is 16.1 Å². The number of aliphatic hydroxyl groups excluding tert-OH is 1. The summed E-state index contributed by atoms with van der Waals surface area (Å²) in [4.78, 5) is 0.939. The van der Waals surface area contributed by atoms with Crippen molar-refractivity contribution < 1.29 is 13.5 Å². The molecule has 2 aromatic rings. The Balaban J connectivity index is 2.02. The molecule has 96 valence electrons. The van der Waals surface area contributed by atoms with Gasteiger partial charge in [-0.15, -0.1) is 11.3 Å². The van der Waals surface area contributed by atoms with E-state index in [0.717, 1.165) is 4.88 Å². The molecule has 0 aliphatic heterocycles. The van der Waals surface area contributed by atoms with Gasteiger partial charge in [0.25, 0.3) is 0 Å². The lowest BCUT2D eigenvalue weighted by atomic mass is 10.3. The van der Waals surface area contributed by atoms with Crippen LogP contribution in [-0.4, -0.2) is 20.1 Å². The highest BCUT2D eigenvalue weighted by Crippen LogP contribution is 2.18. The molecular weight excluding hydrogens is 270 g/mol. The van der Waals surface area contributed by atoms with Crippen LogP contribution < -0.4 is 4.72 Å². The fourth-order valence-electron chi connectivity index (χ4n) is 1.45. The normalized spacial score (nSPS) is 13.4. The zero-order valence-electron chi connectivity index (χ0n) is 9.48. The predicted molar refractivity (Wildman–Crippen MR) is 70.9 cm³/mol. The first kappa shape index (κ1) is 13.2. The van der Waals surface area contributed by atoms with Crippen LogP contribution in [0.2, 0.25) is 0 Å². The van der Waals surface area contributed by atoms with Gasteiger partial charge in [-0.25, -0.2) is 13.1 Å². The van der Waals surface area contributed by atoms with E-state index in [1.165, 1.54) is 23.5 Å². The maximum Gasteiger partial charge on any atom is 0.240 e. The number of aliphatic hydroxyl groups is 1. The first-order chi connectivity index (χ1) is 8.59. The Morgan fingerprint density at radius 3 is 2.50 bits per heavy atom. The molecule has 0 bridgehead atoms. The van der Waals surface area contributed by atoms with Crippen LogP contribution in [0.4, 0.5) is 0 Å². The van der Waals surface area contributed by atoms with Crippen LogP contribution in [0, 0.1) is 0 Å². The van der Waals surface area contributed by atoms with Crippen LogP contribution in [0.25, 0.3) is 0 Å². The molecule has 0 aliphatic carbocycles. The number of hydrogen-bond donors (Lipinski definition) is 2. The lowest BCUT2D eigenvalue weighted by Gasteiger charge is -2.10. The van der Waals surface area contributed by atoms with E-state index >= 15 is 0 Å². The summed E-state index contributed by atoms with van der Waals surface area (Å²) in [6.45, 7) is -0.0300. The fourth-order valence-corrected chi connectivity index (χ4v) is 3.22. The van der Waals surface area contributed by atoms with Crippen molar-refractivity contribution in [3.63, 3.8) is 0 Å². The summed E-state index contributed by atoms with van der Waals surface area (Å²) in [7, 11) is -3.55. The Morgan fingerprint density at radius 1 is 1.17 bits per heavy atom. The molecule has 1 aromatic heterocycles. The van der Waals surface area contributed by atoms with E-state index in [1.54, 1.807) is 24.3 Å². The zero-order valence-corrected chi connectivity index (χ0v) is 11.1. The van der Waals surface area contributed by atoms with E-state index in [9.17, 15) is 13.5 Å². The molecule has 0 spiro atoms. The van der Waals surface area contributed by atoms with Gasteiger partial charge in [-0.2, -0.15) is 0 Å². The third-order valence-corrected chi connectivity index (χ3v) is 4.80. The monoisotopic (exact) mass is 283 g/mol. The maximum atomic E-state index is 11.9. The molecule has 1 unspecified atom stereocenters. The van der Waals surface area contributed by atoms with Crippen LogP contribution in [0.3, 0.4) is 0 Å². The van der Waals surface area contributed by atoms with E-state index in [4.69, 9.17) is 0 Å². The van der Waals surface area contributed by atoms with E-state index in [0.29, 0.717) is 0 Å². The summed E-state index contributed by atoms with van der Waals surface area (Å²) in [5.74, 6) is 0. The molecule has 0 aliphatic rings. The van der Waals surface area contributed by atoms with E-state index in [1.807, 2.05) is 11.4 Å². The molecule has 1 heterocycles. The van der Waals surface area contributed by atoms with Gasteiger partial charge in [0.05, 0.1) is 4.90 Å². The Bertz CT molecular complexity index is 579. The Hall–Kier alpha value is -1.21. The van der Waals surface area contributed by atoms with Gasteiger partial charge in [0.15, 0.2) is 0 Å². The van der Waals surface area contributed by atoms with Crippen LogP contribution in [0.5, 0.6) is 0 Å². The average molecular weight is 283 g/mol. The minimum Gasteiger partial charge on any atom is -0.386 e. The minimum atomic E-state index is -3.55. The molecule has 6 heteroatoms. The first-order valence-corrected chi connectivity index (χ1v) is 7.72. The number of sulfonamides is 1. The van der Waals surface area contributed by atoms with Gasteiger partial charge in [0.2, 0.25) is 10.0 Å². The smallest absolute Gasteiger partial charge is 0.240 e. The standard InChI is InChI=1S/C12H13NO3S2/c14-11(12-7-4-8-17-12)9-13-18(15,16)10-5-2-1-3-6-10/h1-8,11,13-14H,9H2. The molecule has 0 fully saturated rings. The van der Waals surface area contributed by atoms with Gasteiger partial charge >= 0.3 is 0 Å². The van der Waals surface area contributed by atoms with Gasteiger partial charge in [0.1, 0.15) is 6.10 Å². The molecule has 2 N–H and O–H groups in total. The molecule has 0 saturated heterocycles. The third-order valence-electron chi connectivity index (χ3n) is 2.39. The second kappa shape index (κ2) is 5.62. The maximum absolute atomic E-state index is 11.9. The quantitative estimate of drug-likeness (QED) is 0.878. The third kappa shape index (κ3) is 3.17. The topological polar surface area (TPSA) is 66.4 Å². The molecule has 2 rings (SSSR count). The summed E-state index contributed by atoms with van der Waals surface area (Å²) in [6.07, 6.45) is -0.816. The summed E-state index contributed by atoms with van der Waals surface area (Å²) in [5, 5.41) is 11.6. The number of hydrogen-bond acceptors (Lipinski definition) is 4. The van der Waals surface area contributed by atoms with Crippen molar-refractivity contribution in [2.24, 2.45) is 0 Å². The second-order valence-corrected chi connectivity index (χ2v) is 6.44. The first-order valence-electron chi connectivity index (χ1n) is 5.36. The van der Waals surface area contributed by atoms with Crippen LogP contribution in [-0.2, 0) is 10.0 Å². The largest absolute Gasteiger partial charge is 0.386 e.